The lowest BCUT2D eigenvalue weighted by Crippen LogP contribution is -2.46. The molecular formula is C21H31N3O2. The number of aryl methyl sites for hydroxylation is 2. The lowest BCUT2D eigenvalue weighted by atomic mass is 9.97. The third kappa shape index (κ3) is 5.31. The lowest BCUT2D eigenvalue weighted by Gasteiger charge is -2.33. The van der Waals surface area contributed by atoms with Crippen molar-refractivity contribution in [1.29, 1.82) is 0 Å². The molecule has 1 aromatic rings. The Morgan fingerprint density at radius 1 is 1.19 bits per heavy atom. The molecule has 2 saturated heterocycles. The zero-order valence-electron chi connectivity index (χ0n) is 15.8. The van der Waals surface area contributed by atoms with Gasteiger partial charge in [-0.25, -0.2) is 0 Å². The fourth-order valence-corrected chi connectivity index (χ4v) is 3.90. The van der Waals surface area contributed by atoms with E-state index in [1.165, 1.54) is 11.1 Å². The van der Waals surface area contributed by atoms with Crippen LogP contribution in [0.5, 0.6) is 0 Å². The molecule has 2 aliphatic heterocycles. The number of likely N-dealkylation sites (tertiary alicyclic amines) is 1. The van der Waals surface area contributed by atoms with Gasteiger partial charge in [-0.05, 0) is 57.1 Å². The van der Waals surface area contributed by atoms with Crippen LogP contribution in [0.2, 0.25) is 0 Å². The molecule has 2 N–H and O–H groups in total. The fourth-order valence-electron chi connectivity index (χ4n) is 3.90. The van der Waals surface area contributed by atoms with E-state index in [0.29, 0.717) is 18.9 Å². The second kappa shape index (κ2) is 9.17. The number of amides is 2. The van der Waals surface area contributed by atoms with Gasteiger partial charge in [0.25, 0.3) is 0 Å². The zero-order chi connectivity index (χ0) is 18.4. The Balaban J connectivity index is 1.41. The summed E-state index contributed by atoms with van der Waals surface area (Å²) in [7, 11) is 0. The normalized spacial score (nSPS) is 23.0. The average Bonchev–Trinajstić information content (AvgIpc) is 3.20. The van der Waals surface area contributed by atoms with E-state index in [2.05, 4.69) is 41.8 Å². The molecule has 3 rings (SSSR count). The van der Waals surface area contributed by atoms with Crippen molar-refractivity contribution in [2.75, 3.05) is 26.2 Å². The van der Waals surface area contributed by atoms with Crippen molar-refractivity contribution in [2.24, 2.45) is 5.92 Å². The maximum Gasteiger partial charge on any atom is 0.237 e. The van der Waals surface area contributed by atoms with Crippen LogP contribution in [0.1, 0.15) is 43.2 Å². The molecule has 1 aromatic carbocycles. The summed E-state index contributed by atoms with van der Waals surface area (Å²) in [5, 5.41) is 6.31. The fraction of sp³-hybridized carbons (Fsp3) is 0.619. The van der Waals surface area contributed by atoms with Crippen LogP contribution in [-0.2, 0) is 16.0 Å². The first-order valence-electron chi connectivity index (χ1n) is 9.96. The Morgan fingerprint density at radius 3 is 2.73 bits per heavy atom. The van der Waals surface area contributed by atoms with Crippen LogP contribution in [0.4, 0.5) is 0 Å². The highest BCUT2D eigenvalue weighted by Gasteiger charge is 2.26. The molecule has 142 valence electrons. The average molecular weight is 357 g/mol. The third-order valence-corrected chi connectivity index (χ3v) is 5.56. The number of carbonyl (C=O) groups excluding carboxylic acids is 2. The van der Waals surface area contributed by atoms with Gasteiger partial charge in [-0.15, -0.1) is 0 Å². The van der Waals surface area contributed by atoms with Crippen molar-refractivity contribution in [3.05, 3.63) is 35.4 Å². The highest BCUT2D eigenvalue weighted by atomic mass is 16.2. The number of rotatable bonds is 6. The first kappa shape index (κ1) is 18.9. The number of nitrogens with zero attached hydrogens (tertiary/aromatic N) is 1. The smallest absolute Gasteiger partial charge is 0.237 e. The van der Waals surface area contributed by atoms with Gasteiger partial charge in [0, 0.05) is 26.1 Å². The minimum atomic E-state index is -0.0224. The van der Waals surface area contributed by atoms with Crippen LogP contribution in [0.15, 0.2) is 24.3 Å². The Labute approximate surface area is 156 Å². The van der Waals surface area contributed by atoms with Crippen LogP contribution in [0.3, 0.4) is 0 Å². The minimum absolute atomic E-state index is 0.0224. The predicted molar refractivity (Wildman–Crippen MR) is 103 cm³/mol. The molecule has 26 heavy (non-hydrogen) atoms. The number of hydrogen-bond donors (Lipinski definition) is 2. The second-order valence-corrected chi connectivity index (χ2v) is 7.73. The molecule has 2 fully saturated rings. The minimum Gasteiger partial charge on any atom is -0.354 e. The number of nitrogens with one attached hydrogen (secondary N) is 2. The quantitative estimate of drug-likeness (QED) is 0.819. The molecule has 2 atom stereocenters. The molecule has 0 saturated carbocycles. The second-order valence-electron chi connectivity index (χ2n) is 7.73. The summed E-state index contributed by atoms with van der Waals surface area (Å²) in [6.45, 7) is 5.31. The van der Waals surface area contributed by atoms with E-state index >= 15 is 0 Å². The largest absolute Gasteiger partial charge is 0.354 e. The Morgan fingerprint density at radius 2 is 2.00 bits per heavy atom. The first-order valence-corrected chi connectivity index (χ1v) is 9.96. The van der Waals surface area contributed by atoms with Crippen LogP contribution < -0.4 is 10.6 Å². The van der Waals surface area contributed by atoms with E-state index in [-0.39, 0.29) is 17.9 Å². The van der Waals surface area contributed by atoms with Crippen molar-refractivity contribution in [2.45, 2.75) is 51.5 Å². The monoisotopic (exact) mass is 357 g/mol. The highest BCUT2D eigenvalue weighted by Crippen LogP contribution is 2.18. The van der Waals surface area contributed by atoms with E-state index < -0.39 is 0 Å². The Bertz CT molecular complexity index is 608. The van der Waals surface area contributed by atoms with Gasteiger partial charge in [0.2, 0.25) is 11.8 Å². The van der Waals surface area contributed by atoms with Gasteiger partial charge in [-0.2, -0.15) is 0 Å². The number of benzene rings is 1. The predicted octanol–water partition coefficient (Wildman–Crippen LogP) is 2.03. The van der Waals surface area contributed by atoms with Crippen molar-refractivity contribution >= 4 is 11.8 Å². The van der Waals surface area contributed by atoms with E-state index in [0.717, 1.165) is 51.7 Å². The topological polar surface area (TPSA) is 61.4 Å². The summed E-state index contributed by atoms with van der Waals surface area (Å²) in [5.74, 6) is 0.724. The molecule has 0 bridgehead atoms. The van der Waals surface area contributed by atoms with Crippen molar-refractivity contribution < 1.29 is 9.59 Å². The number of carbonyl (C=O) groups is 2. The van der Waals surface area contributed by atoms with Crippen molar-refractivity contribution in [1.82, 2.24) is 15.5 Å². The zero-order valence-corrected chi connectivity index (χ0v) is 15.8. The van der Waals surface area contributed by atoms with E-state index in [9.17, 15) is 9.59 Å². The van der Waals surface area contributed by atoms with Gasteiger partial charge in [-0.1, -0.05) is 29.8 Å². The van der Waals surface area contributed by atoms with Crippen LogP contribution in [0, 0.1) is 12.8 Å². The maximum atomic E-state index is 12.6. The molecule has 2 amide bonds. The van der Waals surface area contributed by atoms with E-state index in [4.69, 9.17) is 0 Å². The summed E-state index contributed by atoms with van der Waals surface area (Å²) >= 11 is 0. The summed E-state index contributed by atoms with van der Waals surface area (Å²) < 4.78 is 0. The summed E-state index contributed by atoms with van der Waals surface area (Å²) in [6, 6.07) is 8.38. The molecule has 0 aromatic heterocycles. The van der Waals surface area contributed by atoms with Crippen molar-refractivity contribution in [3.8, 4) is 0 Å². The van der Waals surface area contributed by atoms with Crippen LogP contribution in [0.25, 0.3) is 0 Å². The Kier molecular flexibility index (Phi) is 6.67. The SMILES string of the molecule is Cc1ccc(CCC(=O)N2CCCC(CNC(=O)C3CCCN3)C2)cc1. The summed E-state index contributed by atoms with van der Waals surface area (Å²) in [4.78, 5) is 26.7. The molecule has 2 heterocycles. The molecule has 5 heteroatoms. The maximum absolute atomic E-state index is 12.6. The molecule has 0 radical (unpaired) electrons. The van der Waals surface area contributed by atoms with Crippen molar-refractivity contribution in [3.63, 3.8) is 0 Å². The van der Waals surface area contributed by atoms with Crippen LogP contribution in [-0.4, -0.2) is 48.9 Å². The van der Waals surface area contributed by atoms with Gasteiger partial charge >= 0.3 is 0 Å². The molecule has 2 unspecified atom stereocenters. The third-order valence-electron chi connectivity index (χ3n) is 5.56. The first-order chi connectivity index (χ1) is 12.6. The standard InChI is InChI=1S/C21H31N3O2/c1-16-6-8-17(9-7-16)10-11-20(25)24-13-3-4-18(15-24)14-23-21(26)19-5-2-12-22-19/h6-9,18-19,22H,2-5,10-15H2,1H3,(H,23,26). The molecule has 0 spiro atoms. The van der Waals surface area contributed by atoms with Gasteiger partial charge in [0.15, 0.2) is 0 Å². The van der Waals surface area contributed by atoms with Gasteiger partial charge in [0.1, 0.15) is 0 Å². The summed E-state index contributed by atoms with van der Waals surface area (Å²) in [6.07, 6.45) is 5.47. The molecule has 5 nitrogen and oxygen atoms in total. The Hall–Kier alpha value is -1.88. The molecular weight excluding hydrogens is 326 g/mol. The lowest BCUT2D eigenvalue weighted by molar-refractivity contribution is -0.132. The van der Waals surface area contributed by atoms with Gasteiger partial charge < -0.3 is 15.5 Å². The number of hydrogen-bond acceptors (Lipinski definition) is 3. The van der Waals surface area contributed by atoms with Gasteiger partial charge in [-0.3, -0.25) is 9.59 Å². The summed E-state index contributed by atoms with van der Waals surface area (Å²) in [5.41, 5.74) is 2.46. The van der Waals surface area contributed by atoms with Crippen LogP contribution >= 0.6 is 0 Å². The molecule has 2 aliphatic rings. The number of piperidine rings is 1. The highest BCUT2D eigenvalue weighted by molar-refractivity contribution is 5.82. The van der Waals surface area contributed by atoms with E-state index in [1.807, 2.05) is 4.90 Å². The molecule has 0 aliphatic carbocycles. The van der Waals surface area contributed by atoms with E-state index in [1.54, 1.807) is 0 Å². The van der Waals surface area contributed by atoms with Gasteiger partial charge in [0.05, 0.1) is 6.04 Å².